The quantitative estimate of drug-likeness (QED) is 0.509. The minimum atomic E-state index is -0.632. The van der Waals surface area contributed by atoms with Crippen LogP contribution in [0.5, 0.6) is 5.75 Å². The number of aromatic amines is 1. The number of carbonyl (C=O) groups excluding carboxylic acids is 1. The van der Waals surface area contributed by atoms with Crippen molar-refractivity contribution in [2.24, 2.45) is 0 Å². The van der Waals surface area contributed by atoms with Crippen molar-refractivity contribution in [1.29, 1.82) is 0 Å². The molecular weight excluding hydrogens is 344 g/mol. The van der Waals surface area contributed by atoms with Crippen LogP contribution in [0.1, 0.15) is 37.3 Å². The van der Waals surface area contributed by atoms with Crippen molar-refractivity contribution in [2.75, 3.05) is 6.61 Å². The van der Waals surface area contributed by atoms with E-state index in [1.807, 2.05) is 37.3 Å². The van der Waals surface area contributed by atoms with E-state index in [9.17, 15) is 9.59 Å². The van der Waals surface area contributed by atoms with Crippen molar-refractivity contribution < 1.29 is 14.3 Å². The standard InChI is InChI=1S/C21H22N2O4/c1-14-9-11-16(12-10-14)26-13-5-8-19(24)27-15(2)20-22-18-7-4-3-6-17(18)21(25)23-20/h3-4,6-7,9-12,15H,5,8,13H2,1-2H3,(H,22,23,25). The van der Waals surface area contributed by atoms with Gasteiger partial charge in [0.2, 0.25) is 0 Å². The molecule has 1 atom stereocenters. The Morgan fingerprint density at radius 3 is 2.67 bits per heavy atom. The zero-order valence-electron chi connectivity index (χ0n) is 15.4. The Bertz CT molecular complexity index is 979. The molecule has 2 aromatic carbocycles. The molecule has 0 amide bonds. The number of carbonyl (C=O) groups is 1. The summed E-state index contributed by atoms with van der Waals surface area (Å²) in [4.78, 5) is 31.2. The lowest BCUT2D eigenvalue weighted by Crippen LogP contribution is -2.17. The highest BCUT2D eigenvalue weighted by atomic mass is 16.5. The van der Waals surface area contributed by atoms with E-state index in [0.717, 1.165) is 5.75 Å². The van der Waals surface area contributed by atoms with Crippen LogP contribution >= 0.6 is 0 Å². The summed E-state index contributed by atoms with van der Waals surface area (Å²) < 4.78 is 11.0. The van der Waals surface area contributed by atoms with E-state index in [1.165, 1.54) is 5.56 Å². The zero-order chi connectivity index (χ0) is 19.2. The van der Waals surface area contributed by atoms with E-state index in [2.05, 4.69) is 9.97 Å². The predicted octanol–water partition coefficient (Wildman–Crippen LogP) is 3.69. The Balaban J connectivity index is 1.50. The molecule has 1 N–H and O–H groups in total. The van der Waals surface area contributed by atoms with E-state index < -0.39 is 6.10 Å². The number of H-pyrrole nitrogens is 1. The van der Waals surface area contributed by atoms with Crippen LogP contribution in [0.15, 0.2) is 53.3 Å². The van der Waals surface area contributed by atoms with Gasteiger partial charge < -0.3 is 14.5 Å². The Morgan fingerprint density at radius 2 is 1.89 bits per heavy atom. The molecule has 0 saturated heterocycles. The number of nitrogens with zero attached hydrogens (tertiary/aromatic N) is 1. The van der Waals surface area contributed by atoms with Crippen molar-refractivity contribution in [3.63, 3.8) is 0 Å². The van der Waals surface area contributed by atoms with Crippen LogP contribution in [0.3, 0.4) is 0 Å². The fourth-order valence-electron chi connectivity index (χ4n) is 2.65. The number of para-hydroxylation sites is 1. The normalized spacial score (nSPS) is 11.9. The van der Waals surface area contributed by atoms with E-state index in [4.69, 9.17) is 9.47 Å². The molecule has 6 nitrogen and oxygen atoms in total. The lowest BCUT2D eigenvalue weighted by Gasteiger charge is -2.13. The monoisotopic (exact) mass is 366 g/mol. The number of nitrogens with one attached hydrogen (secondary N) is 1. The lowest BCUT2D eigenvalue weighted by atomic mass is 10.2. The van der Waals surface area contributed by atoms with Crippen LogP contribution in [0.25, 0.3) is 10.9 Å². The summed E-state index contributed by atoms with van der Waals surface area (Å²) in [6, 6.07) is 14.8. The van der Waals surface area contributed by atoms with Crippen LogP contribution in [-0.2, 0) is 9.53 Å². The van der Waals surface area contributed by atoms with Gasteiger partial charge in [-0.1, -0.05) is 29.8 Å². The molecule has 0 radical (unpaired) electrons. The second kappa shape index (κ2) is 8.49. The van der Waals surface area contributed by atoms with E-state index in [0.29, 0.717) is 29.8 Å². The first kappa shape index (κ1) is 18.6. The molecule has 0 aliphatic rings. The molecule has 27 heavy (non-hydrogen) atoms. The van der Waals surface area contributed by atoms with Crippen molar-refractivity contribution in [3.05, 3.63) is 70.3 Å². The summed E-state index contributed by atoms with van der Waals surface area (Å²) in [5.74, 6) is 0.758. The van der Waals surface area contributed by atoms with E-state index in [1.54, 1.807) is 25.1 Å². The maximum absolute atomic E-state index is 12.1. The molecule has 6 heteroatoms. The smallest absolute Gasteiger partial charge is 0.306 e. The van der Waals surface area contributed by atoms with Crippen LogP contribution < -0.4 is 10.3 Å². The molecule has 1 heterocycles. The molecule has 3 rings (SSSR count). The van der Waals surface area contributed by atoms with Gasteiger partial charge in [0.25, 0.3) is 5.56 Å². The molecule has 0 fully saturated rings. The number of esters is 1. The Hall–Kier alpha value is -3.15. The van der Waals surface area contributed by atoms with Crippen LogP contribution in [0.4, 0.5) is 0 Å². The molecule has 140 valence electrons. The second-order valence-corrected chi connectivity index (χ2v) is 6.37. The first-order valence-electron chi connectivity index (χ1n) is 8.91. The summed E-state index contributed by atoms with van der Waals surface area (Å²) in [7, 11) is 0. The minimum absolute atomic E-state index is 0.230. The number of fused-ring (bicyclic) bond motifs is 1. The molecule has 1 unspecified atom stereocenters. The van der Waals surface area contributed by atoms with E-state index in [-0.39, 0.29) is 17.9 Å². The van der Waals surface area contributed by atoms with Crippen LogP contribution in [-0.4, -0.2) is 22.5 Å². The van der Waals surface area contributed by atoms with Gasteiger partial charge in [0.1, 0.15) is 5.75 Å². The third-order valence-corrected chi connectivity index (χ3v) is 4.14. The highest BCUT2D eigenvalue weighted by Crippen LogP contribution is 2.16. The van der Waals surface area contributed by atoms with Gasteiger partial charge in [0.05, 0.1) is 17.5 Å². The molecule has 3 aromatic rings. The molecular formula is C21H22N2O4. The van der Waals surface area contributed by atoms with Gasteiger partial charge in [-0.15, -0.1) is 0 Å². The van der Waals surface area contributed by atoms with Crippen molar-refractivity contribution in [3.8, 4) is 5.75 Å². The number of hydrogen-bond acceptors (Lipinski definition) is 5. The summed E-state index contributed by atoms with van der Waals surface area (Å²) in [5, 5.41) is 0.507. The zero-order valence-corrected chi connectivity index (χ0v) is 15.4. The second-order valence-electron chi connectivity index (χ2n) is 6.37. The number of hydrogen-bond donors (Lipinski definition) is 1. The third kappa shape index (κ3) is 4.94. The van der Waals surface area contributed by atoms with Gasteiger partial charge in [-0.2, -0.15) is 0 Å². The van der Waals surface area contributed by atoms with Gasteiger partial charge >= 0.3 is 5.97 Å². The van der Waals surface area contributed by atoms with Crippen LogP contribution in [0.2, 0.25) is 0 Å². The van der Waals surface area contributed by atoms with Crippen LogP contribution in [0, 0.1) is 6.92 Å². The maximum atomic E-state index is 12.1. The maximum Gasteiger partial charge on any atom is 0.306 e. The highest BCUT2D eigenvalue weighted by molar-refractivity contribution is 5.77. The molecule has 0 bridgehead atoms. The number of aryl methyl sites for hydroxylation is 1. The summed E-state index contributed by atoms with van der Waals surface area (Å²) >= 11 is 0. The number of benzene rings is 2. The molecule has 0 aliphatic carbocycles. The Morgan fingerprint density at radius 1 is 1.15 bits per heavy atom. The molecule has 0 spiro atoms. The van der Waals surface area contributed by atoms with Gasteiger partial charge in [0, 0.05) is 6.42 Å². The van der Waals surface area contributed by atoms with Gasteiger partial charge in [0.15, 0.2) is 11.9 Å². The molecule has 1 aromatic heterocycles. The summed E-state index contributed by atoms with van der Waals surface area (Å²) in [5.41, 5.74) is 1.50. The van der Waals surface area contributed by atoms with Gasteiger partial charge in [-0.3, -0.25) is 9.59 Å². The van der Waals surface area contributed by atoms with E-state index >= 15 is 0 Å². The Labute approximate surface area is 157 Å². The third-order valence-electron chi connectivity index (χ3n) is 4.14. The first-order valence-corrected chi connectivity index (χ1v) is 8.91. The first-order chi connectivity index (χ1) is 13.0. The minimum Gasteiger partial charge on any atom is -0.494 e. The highest BCUT2D eigenvalue weighted by Gasteiger charge is 2.15. The number of aromatic nitrogens is 2. The molecule has 0 saturated carbocycles. The topological polar surface area (TPSA) is 81.3 Å². The Kier molecular flexibility index (Phi) is 5.86. The van der Waals surface area contributed by atoms with Crippen molar-refractivity contribution in [1.82, 2.24) is 9.97 Å². The molecule has 0 aliphatic heterocycles. The largest absolute Gasteiger partial charge is 0.494 e. The number of rotatable bonds is 7. The van der Waals surface area contributed by atoms with Gasteiger partial charge in [-0.25, -0.2) is 4.98 Å². The lowest BCUT2D eigenvalue weighted by molar-refractivity contribution is -0.149. The van der Waals surface area contributed by atoms with Gasteiger partial charge in [-0.05, 0) is 44.5 Å². The summed E-state index contributed by atoms with van der Waals surface area (Å²) in [6.45, 7) is 4.13. The average molecular weight is 366 g/mol. The number of ether oxygens (including phenoxy) is 2. The SMILES string of the molecule is Cc1ccc(OCCCC(=O)OC(C)c2nc3ccccc3c(=O)[nH]2)cc1. The average Bonchev–Trinajstić information content (AvgIpc) is 2.66. The fourth-order valence-corrected chi connectivity index (χ4v) is 2.65. The van der Waals surface area contributed by atoms with Crippen molar-refractivity contribution >= 4 is 16.9 Å². The van der Waals surface area contributed by atoms with Crippen molar-refractivity contribution in [2.45, 2.75) is 32.8 Å². The summed E-state index contributed by atoms with van der Waals surface area (Å²) in [6.07, 6.45) is 0.141. The fraction of sp³-hybridized carbons (Fsp3) is 0.286. The predicted molar refractivity (Wildman–Crippen MR) is 103 cm³/mol.